The molecule has 1 heterocycles. The van der Waals surface area contributed by atoms with E-state index in [2.05, 4.69) is 24.2 Å². The van der Waals surface area contributed by atoms with Gasteiger partial charge in [-0.3, -0.25) is 0 Å². The summed E-state index contributed by atoms with van der Waals surface area (Å²) in [6.07, 6.45) is 8.92. The molecule has 4 aromatic rings. The molecular formula is C34H39FN2O3. The molecule has 5 nitrogen and oxygen atoms in total. The summed E-state index contributed by atoms with van der Waals surface area (Å²) >= 11 is 0. The maximum Gasteiger partial charge on any atom is 0.123 e. The van der Waals surface area contributed by atoms with Crippen LogP contribution in [0.3, 0.4) is 0 Å². The van der Waals surface area contributed by atoms with E-state index in [1.165, 1.54) is 23.3 Å². The zero-order valence-corrected chi connectivity index (χ0v) is 23.1. The molecule has 0 fully saturated rings. The molecule has 0 saturated heterocycles. The molecular weight excluding hydrogens is 503 g/mol. The van der Waals surface area contributed by atoms with Crippen molar-refractivity contribution in [1.82, 2.24) is 9.78 Å². The maximum absolute atomic E-state index is 12.9. The summed E-state index contributed by atoms with van der Waals surface area (Å²) in [5, 5.41) is 33.5. The van der Waals surface area contributed by atoms with Gasteiger partial charge in [-0.05, 0) is 104 Å². The third-order valence-corrected chi connectivity index (χ3v) is 8.34. The Balaban J connectivity index is 0.000000125. The minimum absolute atomic E-state index is 0.208. The van der Waals surface area contributed by atoms with Crippen LogP contribution in [0.2, 0.25) is 0 Å². The van der Waals surface area contributed by atoms with Crippen molar-refractivity contribution in [3.63, 3.8) is 0 Å². The number of aliphatic hydroxyl groups excluding tert-OH is 3. The van der Waals surface area contributed by atoms with Gasteiger partial charge in [-0.2, -0.15) is 5.10 Å². The molecule has 0 unspecified atom stereocenters. The van der Waals surface area contributed by atoms with Crippen LogP contribution in [0, 0.1) is 11.7 Å². The number of rotatable bonds is 1. The summed E-state index contributed by atoms with van der Waals surface area (Å²) in [5.74, 6) is 0.162. The fourth-order valence-corrected chi connectivity index (χ4v) is 5.96. The number of aliphatic hydroxyl groups is 3. The van der Waals surface area contributed by atoms with E-state index in [0.29, 0.717) is 5.92 Å². The molecule has 40 heavy (non-hydrogen) atoms. The third-order valence-electron chi connectivity index (χ3n) is 8.34. The highest BCUT2D eigenvalue weighted by Gasteiger charge is 2.24. The molecule has 0 spiro atoms. The highest BCUT2D eigenvalue weighted by Crippen LogP contribution is 2.34. The average Bonchev–Trinajstić information content (AvgIpc) is 3.42. The van der Waals surface area contributed by atoms with Gasteiger partial charge in [-0.25, -0.2) is 9.07 Å². The van der Waals surface area contributed by atoms with Crippen LogP contribution in [0.1, 0.15) is 90.9 Å². The van der Waals surface area contributed by atoms with E-state index in [4.69, 9.17) is 0 Å². The molecule has 0 amide bonds. The van der Waals surface area contributed by atoms with Crippen molar-refractivity contribution in [2.45, 2.75) is 76.6 Å². The summed E-state index contributed by atoms with van der Waals surface area (Å²) in [5.41, 5.74) is 7.70. The molecule has 0 bridgehead atoms. The van der Waals surface area contributed by atoms with Gasteiger partial charge in [0.05, 0.1) is 35.9 Å². The van der Waals surface area contributed by atoms with Crippen LogP contribution in [0.15, 0.2) is 79.0 Å². The molecule has 0 saturated carbocycles. The van der Waals surface area contributed by atoms with E-state index in [1.807, 2.05) is 36.4 Å². The third kappa shape index (κ3) is 6.35. The van der Waals surface area contributed by atoms with Gasteiger partial charge in [0, 0.05) is 5.56 Å². The number of fused-ring (bicyclic) bond motifs is 3. The molecule has 7 rings (SSSR count). The van der Waals surface area contributed by atoms with Crippen molar-refractivity contribution in [3.8, 4) is 5.69 Å². The SMILES string of the molecule is C[C@@H]1CCc2ccccc2[C@H]1O.O[C@H]1CCCc2c1cnn2-c1ccc(F)cc1.O[C@H]1CCCc2ccccc21. The fraction of sp³-hybridized carbons (Fsp3) is 0.382. The Bertz CT molecular complexity index is 1400. The number of hydrogen-bond acceptors (Lipinski definition) is 4. The van der Waals surface area contributed by atoms with Crippen LogP contribution in [0.25, 0.3) is 5.69 Å². The Labute approximate surface area is 235 Å². The number of nitrogens with zero attached hydrogens (tertiary/aromatic N) is 2. The normalized spacial score (nSPS) is 22.8. The lowest BCUT2D eigenvalue weighted by Gasteiger charge is -2.27. The molecule has 0 aliphatic heterocycles. The van der Waals surface area contributed by atoms with Crippen LogP contribution in [-0.2, 0) is 19.3 Å². The lowest BCUT2D eigenvalue weighted by molar-refractivity contribution is 0.104. The summed E-state index contributed by atoms with van der Waals surface area (Å²) in [6, 6.07) is 22.6. The van der Waals surface area contributed by atoms with Crippen molar-refractivity contribution in [3.05, 3.63) is 118 Å². The topological polar surface area (TPSA) is 78.5 Å². The van der Waals surface area contributed by atoms with Gasteiger partial charge in [0.2, 0.25) is 0 Å². The van der Waals surface area contributed by atoms with Crippen molar-refractivity contribution < 1.29 is 19.7 Å². The molecule has 3 aromatic carbocycles. The number of aryl methyl sites for hydroxylation is 2. The monoisotopic (exact) mass is 542 g/mol. The largest absolute Gasteiger partial charge is 0.388 e. The highest BCUT2D eigenvalue weighted by molar-refractivity contribution is 5.37. The molecule has 4 atom stereocenters. The average molecular weight is 543 g/mol. The molecule has 0 radical (unpaired) electrons. The van der Waals surface area contributed by atoms with Gasteiger partial charge in [0.25, 0.3) is 0 Å². The second-order valence-electron chi connectivity index (χ2n) is 11.1. The van der Waals surface area contributed by atoms with Gasteiger partial charge >= 0.3 is 0 Å². The van der Waals surface area contributed by atoms with Crippen molar-refractivity contribution in [1.29, 1.82) is 0 Å². The maximum atomic E-state index is 12.9. The number of hydrogen-bond donors (Lipinski definition) is 3. The lowest BCUT2D eigenvalue weighted by Crippen LogP contribution is -2.17. The van der Waals surface area contributed by atoms with Crippen molar-refractivity contribution >= 4 is 0 Å². The van der Waals surface area contributed by atoms with Gasteiger partial charge in [-0.1, -0.05) is 55.5 Å². The molecule has 6 heteroatoms. The van der Waals surface area contributed by atoms with E-state index in [-0.39, 0.29) is 18.0 Å². The first-order valence-electron chi connectivity index (χ1n) is 14.4. The van der Waals surface area contributed by atoms with Gasteiger partial charge in [0.1, 0.15) is 5.82 Å². The quantitative estimate of drug-likeness (QED) is 0.249. The number of benzene rings is 3. The summed E-state index contributed by atoms with van der Waals surface area (Å²) < 4.78 is 14.6. The standard InChI is InChI=1S/C13H13FN2O.C11H14O.C10H12O/c14-9-4-6-10(7-5-9)16-12-2-1-3-13(17)11(12)8-15-16;1-8-6-7-9-4-2-3-5-10(9)11(8)12;11-10-7-3-5-8-4-1-2-6-9(8)10/h4-8,13,17H,1-3H2;2-5,8,11-12H,6-7H2,1H3;1-2,4,6,10-11H,3,5,7H2/t13-;8-,11+;10-/m010/s1. The van der Waals surface area contributed by atoms with Crippen LogP contribution in [0.5, 0.6) is 0 Å². The summed E-state index contributed by atoms with van der Waals surface area (Å²) in [6.45, 7) is 2.11. The molecule has 1 aromatic heterocycles. The Kier molecular flexibility index (Phi) is 9.10. The highest BCUT2D eigenvalue weighted by atomic mass is 19.1. The van der Waals surface area contributed by atoms with E-state index >= 15 is 0 Å². The smallest absolute Gasteiger partial charge is 0.123 e. The first-order valence-corrected chi connectivity index (χ1v) is 14.4. The fourth-order valence-electron chi connectivity index (χ4n) is 5.96. The Morgan fingerprint density at radius 1 is 0.700 bits per heavy atom. The van der Waals surface area contributed by atoms with Crippen LogP contribution < -0.4 is 0 Å². The molecule has 3 aliphatic carbocycles. The molecule has 3 aliphatic rings. The second-order valence-corrected chi connectivity index (χ2v) is 11.1. The van der Waals surface area contributed by atoms with E-state index < -0.39 is 6.10 Å². The Morgan fingerprint density at radius 2 is 1.30 bits per heavy atom. The van der Waals surface area contributed by atoms with Gasteiger partial charge in [-0.15, -0.1) is 0 Å². The molecule has 3 N–H and O–H groups in total. The zero-order chi connectivity index (χ0) is 28.1. The van der Waals surface area contributed by atoms with Crippen LogP contribution >= 0.6 is 0 Å². The summed E-state index contributed by atoms with van der Waals surface area (Å²) in [4.78, 5) is 0. The van der Waals surface area contributed by atoms with Crippen LogP contribution in [0.4, 0.5) is 4.39 Å². The first kappa shape index (κ1) is 28.2. The number of aromatic nitrogens is 2. The lowest BCUT2D eigenvalue weighted by atomic mass is 9.83. The Hall–Kier alpha value is -3.32. The van der Waals surface area contributed by atoms with E-state index in [9.17, 15) is 19.7 Å². The minimum atomic E-state index is -0.409. The van der Waals surface area contributed by atoms with Gasteiger partial charge < -0.3 is 15.3 Å². The van der Waals surface area contributed by atoms with Crippen molar-refractivity contribution in [2.75, 3.05) is 0 Å². The zero-order valence-electron chi connectivity index (χ0n) is 23.1. The predicted molar refractivity (Wildman–Crippen MR) is 155 cm³/mol. The van der Waals surface area contributed by atoms with Crippen LogP contribution in [-0.4, -0.2) is 25.1 Å². The van der Waals surface area contributed by atoms with E-state index in [0.717, 1.165) is 79.4 Å². The summed E-state index contributed by atoms with van der Waals surface area (Å²) in [7, 11) is 0. The second kappa shape index (κ2) is 12.9. The first-order chi connectivity index (χ1) is 19.4. The van der Waals surface area contributed by atoms with Crippen molar-refractivity contribution in [2.24, 2.45) is 5.92 Å². The predicted octanol–water partition coefficient (Wildman–Crippen LogP) is 6.74. The minimum Gasteiger partial charge on any atom is -0.388 e. The molecule has 210 valence electrons. The Morgan fingerprint density at radius 3 is 2.00 bits per heavy atom. The van der Waals surface area contributed by atoms with Gasteiger partial charge in [0.15, 0.2) is 0 Å². The number of halogens is 1. The van der Waals surface area contributed by atoms with E-state index in [1.54, 1.807) is 23.0 Å².